The lowest BCUT2D eigenvalue weighted by Crippen LogP contribution is -2.33. The molecule has 0 radical (unpaired) electrons. The molecular weight excluding hydrogens is 420 g/mol. The molecule has 32 heavy (non-hydrogen) atoms. The second-order valence-corrected chi connectivity index (χ2v) is 8.49. The Labute approximate surface area is 193 Å². The molecule has 2 aromatic carbocycles. The monoisotopic (exact) mass is 446 g/mol. The fourth-order valence-corrected chi connectivity index (χ4v) is 3.96. The molecule has 0 saturated heterocycles. The number of carbonyl (C=O) groups is 1. The molecule has 0 aliphatic carbocycles. The Kier molecular flexibility index (Phi) is 6.41. The Morgan fingerprint density at radius 3 is 2.75 bits per heavy atom. The van der Waals surface area contributed by atoms with Gasteiger partial charge in [-0.3, -0.25) is 4.79 Å². The van der Waals surface area contributed by atoms with Gasteiger partial charge in [0, 0.05) is 24.0 Å². The average molecular weight is 447 g/mol. The van der Waals surface area contributed by atoms with Gasteiger partial charge in [0.1, 0.15) is 18.5 Å². The minimum Gasteiger partial charge on any atom is -0.334 e. The van der Waals surface area contributed by atoms with Gasteiger partial charge in [-0.2, -0.15) is 5.10 Å². The fraction of sp³-hybridized carbons (Fsp3) is 0.250. The Hall–Kier alpha value is -3.39. The van der Waals surface area contributed by atoms with E-state index in [2.05, 4.69) is 46.5 Å². The lowest BCUT2D eigenvalue weighted by molar-refractivity contribution is 0.0723. The van der Waals surface area contributed by atoms with E-state index in [1.54, 1.807) is 11.0 Å². The number of fused-ring (bicyclic) bond motifs is 1. The van der Waals surface area contributed by atoms with Crippen LogP contribution in [0.25, 0.3) is 16.6 Å². The normalized spacial score (nSPS) is 11.2. The van der Waals surface area contributed by atoms with E-state index in [4.69, 9.17) is 0 Å². The molecule has 0 aliphatic heterocycles. The van der Waals surface area contributed by atoms with Gasteiger partial charge in [0.05, 0.1) is 11.2 Å². The van der Waals surface area contributed by atoms with Crippen molar-refractivity contribution in [3.05, 3.63) is 77.9 Å². The van der Waals surface area contributed by atoms with E-state index in [9.17, 15) is 4.79 Å². The summed E-state index contributed by atoms with van der Waals surface area (Å²) >= 11 is 4.11. The van der Waals surface area contributed by atoms with Crippen LogP contribution in [0, 0.1) is 12.8 Å². The largest absolute Gasteiger partial charge is 0.334 e. The molecule has 1 amide bonds. The lowest BCUT2D eigenvalue weighted by Gasteiger charge is -2.25. The van der Waals surface area contributed by atoms with Gasteiger partial charge in [-0.15, -0.1) is 0 Å². The van der Waals surface area contributed by atoms with Gasteiger partial charge in [0.15, 0.2) is 0 Å². The number of benzene rings is 2. The van der Waals surface area contributed by atoms with E-state index in [-0.39, 0.29) is 5.91 Å². The maximum absolute atomic E-state index is 13.5. The maximum Gasteiger partial charge on any atom is 0.254 e. The second kappa shape index (κ2) is 9.40. The Morgan fingerprint density at radius 1 is 1.19 bits per heavy atom. The molecule has 4 rings (SSSR count). The summed E-state index contributed by atoms with van der Waals surface area (Å²) < 4.78 is 4.52. The number of anilines is 1. The van der Waals surface area contributed by atoms with E-state index in [1.165, 1.54) is 6.33 Å². The number of nitrogens with one attached hydrogen (secondary N) is 1. The van der Waals surface area contributed by atoms with Crippen molar-refractivity contribution in [3.8, 4) is 5.69 Å². The highest BCUT2D eigenvalue weighted by Gasteiger charge is 2.18. The molecule has 0 aliphatic rings. The first kappa shape index (κ1) is 21.8. The Balaban J connectivity index is 1.63. The second-order valence-electron chi connectivity index (χ2n) is 8.26. The van der Waals surface area contributed by atoms with Gasteiger partial charge in [-0.1, -0.05) is 38.8 Å². The van der Waals surface area contributed by atoms with Crippen molar-refractivity contribution >= 4 is 35.4 Å². The standard InChI is InChI=1S/C24H26N6OS/c1-16(2)12-29(13-18-5-4-6-21(10-18)30-15-25-14-26-30)24(31)19-7-8-22-20(11-19)9-17(3)23(27-22)28-32/h4-11,14-16,32H,12-13H2,1-3H3,(H,27,28). The van der Waals surface area contributed by atoms with E-state index >= 15 is 0 Å². The van der Waals surface area contributed by atoms with Gasteiger partial charge in [0.25, 0.3) is 5.91 Å². The van der Waals surface area contributed by atoms with Crippen LogP contribution in [0.4, 0.5) is 5.82 Å². The number of hydrogen-bond donors (Lipinski definition) is 2. The van der Waals surface area contributed by atoms with Gasteiger partial charge in [-0.05, 0) is 60.4 Å². The van der Waals surface area contributed by atoms with Crippen LogP contribution in [0.3, 0.4) is 0 Å². The highest BCUT2D eigenvalue weighted by molar-refractivity contribution is 7.81. The van der Waals surface area contributed by atoms with E-state index in [0.717, 1.165) is 27.7 Å². The molecule has 0 bridgehead atoms. The van der Waals surface area contributed by atoms with Crippen LogP contribution in [-0.4, -0.2) is 37.1 Å². The quantitative estimate of drug-likeness (QED) is 0.403. The van der Waals surface area contributed by atoms with Crippen molar-refractivity contribution in [1.82, 2.24) is 24.6 Å². The zero-order valence-electron chi connectivity index (χ0n) is 18.4. The summed E-state index contributed by atoms with van der Waals surface area (Å²) in [6, 6.07) is 15.7. The summed E-state index contributed by atoms with van der Waals surface area (Å²) in [5.74, 6) is 1.06. The van der Waals surface area contributed by atoms with Crippen molar-refractivity contribution in [2.45, 2.75) is 27.3 Å². The van der Waals surface area contributed by atoms with Gasteiger partial charge in [-0.25, -0.2) is 14.6 Å². The summed E-state index contributed by atoms with van der Waals surface area (Å²) in [5.41, 5.74) is 4.40. The van der Waals surface area contributed by atoms with Crippen LogP contribution < -0.4 is 4.72 Å². The zero-order chi connectivity index (χ0) is 22.7. The highest BCUT2D eigenvalue weighted by Crippen LogP contribution is 2.23. The molecule has 8 heteroatoms. The van der Waals surface area contributed by atoms with Crippen molar-refractivity contribution in [2.24, 2.45) is 5.92 Å². The molecule has 7 nitrogen and oxygen atoms in total. The Bertz CT molecular complexity index is 1240. The Morgan fingerprint density at radius 2 is 2.03 bits per heavy atom. The van der Waals surface area contributed by atoms with E-state index in [1.807, 2.05) is 60.4 Å². The van der Waals surface area contributed by atoms with Crippen molar-refractivity contribution in [2.75, 3.05) is 11.3 Å². The number of nitrogens with zero attached hydrogens (tertiary/aromatic N) is 5. The highest BCUT2D eigenvalue weighted by atomic mass is 32.1. The minimum absolute atomic E-state index is 0.000749. The number of pyridine rings is 1. The van der Waals surface area contributed by atoms with Gasteiger partial charge < -0.3 is 9.62 Å². The SMILES string of the molecule is Cc1cc2cc(C(=O)N(Cc3cccc(-n4cncn4)c3)CC(C)C)ccc2nc1NS. The predicted molar refractivity (Wildman–Crippen MR) is 130 cm³/mol. The molecule has 0 saturated carbocycles. The third-order valence-corrected chi connectivity index (χ3v) is 5.41. The van der Waals surface area contributed by atoms with Crippen LogP contribution >= 0.6 is 12.8 Å². The molecule has 164 valence electrons. The number of rotatable bonds is 7. The molecule has 0 fully saturated rings. The van der Waals surface area contributed by atoms with E-state index < -0.39 is 0 Å². The fourth-order valence-electron chi connectivity index (χ4n) is 3.73. The molecule has 2 heterocycles. The summed E-state index contributed by atoms with van der Waals surface area (Å²) in [4.78, 5) is 24.0. The summed E-state index contributed by atoms with van der Waals surface area (Å²) in [6.45, 7) is 7.37. The van der Waals surface area contributed by atoms with Crippen molar-refractivity contribution in [1.29, 1.82) is 0 Å². The number of hydrogen-bond acceptors (Lipinski definition) is 6. The van der Waals surface area contributed by atoms with Crippen LogP contribution in [0.1, 0.15) is 35.3 Å². The smallest absolute Gasteiger partial charge is 0.254 e. The first-order valence-corrected chi connectivity index (χ1v) is 10.9. The summed E-state index contributed by atoms with van der Waals surface area (Å²) in [5, 5.41) is 5.13. The number of aryl methyl sites for hydroxylation is 1. The minimum atomic E-state index is 0.000749. The van der Waals surface area contributed by atoms with Crippen LogP contribution in [-0.2, 0) is 6.54 Å². The number of aromatic nitrogens is 4. The molecule has 4 aromatic rings. The molecular formula is C24H26N6OS. The average Bonchev–Trinajstić information content (AvgIpc) is 3.32. The van der Waals surface area contributed by atoms with Gasteiger partial charge >= 0.3 is 0 Å². The lowest BCUT2D eigenvalue weighted by atomic mass is 10.1. The first-order chi connectivity index (χ1) is 15.4. The maximum atomic E-state index is 13.5. The molecule has 1 N–H and O–H groups in total. The van der Waals surface area contributed by atoms with Crippen LogP contribution in [0.15, 0.2) is 61.2 Å². The van der Waals surface area contributed by atoms with Crippen LogP contribution in [0.2, 0.25) is 0 Å². The zero-order valence-corrected chi connectivity index (χ0v) is 19.3. The third kappa shape index (κ3) is 4.75. The molecule has 0 unspecified atom stereocenters. The number of amides is 1. The van der Waals surface area contributed by atoms with Crippen molar-refractivity contribution in [3.63, 3.8) is 0 Å². The summed E-state index contributed by atoms with van der Waals surface area (Å²) in [7, 11) is 0. The van der Waals surface area contributed by atoms with Crippen LogP contribution in [0.5, 0.6) is 0 Å². The number of carbonyl (C=O) groups excluding carboxylic acids is 1. The van der Waals surface area contributed by atoms with Crippen molar-refractivity contribution < 1.29 is 4.79 Å². The topological polar surface area (TPSA) is 75.9 Å². The van der Waals surface area contributed by atoms with E-state index in [0.29, 0.717) is 30.4 Å². The molecule has 2 aromatic heterocycles. The van der Waals surface area contributed by atoms with Gasteiger partial charge in [0.2, 0.25) is 0 Å². The first-order valence-electron chi connectivity index (χ1n) is 10.5. The molecule has 0 spiro atoms. The number of thiol groups is 1. The third-order valence-electron chi connectivity index (χ3n) is 5.20. The molecule has 0 atom stereocenters. The summed E-state index contributed by atoms with van der Waals surface area (Å²) in [6.07, 6.45) is 3.17. The predicted octanol–water partition coefficient (Wildman–Crippen LogP) is 4.68.